The lowest BCUT2D eigenvalue weighted by Crippen LogP contribution is -2.31. The van der Waals surface area contributed by atoms with Crippen LogP contribution in [-0.2, 0) is 13.0 Å². The molecule has 0 aromatic carbocycles. The Morgan fingerprint density at radius 1 is 1.50 bits per heavy atom. The number of furan rings is 1. The van der Waals surface area contributed by atoms with Gasteiger partial charge in [-0.1, -0.05) is 0 Å². The normalized spacial score (nSPS) is 14.0. The number of anilines is 1. The molecule has 0 aliphatic rings. The van der Waals surface area contributed by atoms with Crippen LogP contribution < -0.4 is 11.1 Å². The molecule has 0 bridgehead atoms. The van der Waals surface area contributed by atoms with E-state index in [4.69, 9.17) is 21.8 Å². The SMILES string of the molecule is Cc1c(C[C@@H](N)[C@H](C)F)cc2c(NCc3ccco3)nc(Cl)nn12. The van der Waals surface area contributed by atoms with E-state index >= 15 is 0 Å². The predicted molar refractivity (Wildman–Crippen MR) is 91.0 cm³/mol. The fraction of sp³-hybridized carbons (Fsp3) is 0.375. The largest absolute Gasteiger partial charge is 0.467 e. The molecule has 0 amide bonds. The summed E-state index contributed by atoms with van der Waals surface area (Å²) in [5.74, 6) is 1.36. The molecule has 3 rings (SSSR count). The van der Waals surface area contributed by atoms with E-state index in [1.54, 1.807) is 10.8 Å². The number of hydrogen-bond donors (Lipinski definition) is 2. The van der Waals surface area contributed by atoms with Crippen LogP contribution in [-0.4, -0.2) is 26.8 Å². The van der Waals surface area contributed by atoms with Gasteiger partial charge >= 0.3 is 0 Å². The fourth-order valence-electron chi connectivity index (χ4n) is 2.54. The van der Waals surface area contributed by atoms with Gasteiger partial charge in [0, 0.05) is 11.7 Å². The third kappa shape index (κ3) is 3.37. The van der Waals surface area contributed by atoms with E-state index in [-0.39, 0.29) is 5.28 Å². The standard InChI is InChI=1S/C16H19ClFN5O/c1-9(18)13(19)6-11-7-14-15(20-8-12-4-3-5-24-12)21-16(17)22-23(14)10(11)2/h3-5,7,9,13H,6,8,19H2,1-2H3,(H,20,21,22)/t9-,13+/m0/s1. The van der Waals surface area contributed by atoms with Crippen LogP contribution in [0.5, 0.6) is 0 Å². The van der Waals surface area contributed by atoms with Crippen molar-refractivity contribution >= 4 is 22.9 Å². The Hall–Kier alpha value is -2.12. The number of fused-ring (bicyclic) bond motifs is 1. The number of alkyl halides is 1. The summed E-state index contributed by atoms with van der Waals surface area (Å²) in [4.78, 5) is 4.24. The number of hydrogen-bond acceptors (Lipinski definition) is 5. The van der Waals surface area contributed by atoms with Crippen molar-refractivity contribution in [1.82, 2.24) is 14.6 Å². The van der Waals surface area contributed by atoms with Crippen molar-refractivity contribution in [1.29, 1.82) is 0 Å². The number of nitrogens with two attached hydrogens (primary N) is 1. The first kappa shape index (κ1) is 16.7. The van der Waals surface area contributed by atoms with Gasteiger partial charge in [-0.3, -0.25) is 0 Å². The summed E-state index contributed by atoms with van der Waals surface area (Å²) in [5, 5.41) is 7.54. The highest BCUT2D eigenvalue weighted by molar-refractivity contribution is 6.28. The molecule has 3 aromatic rings. The lowest BCUT2D eigenvalue weighted by molar-refractivity contribution is 0.304. The summed E-state index contributed by atoms with van der Waals surface area (Å²) >= 11 is 6.03. The second-order valence-corrected chi connectivity index (χ2v) is 6.10. The number of aryl methyl sites for hydroxylation is 1. The molecule has 0 saturated carbocycles. The minimum absolute atomic E-state index is 0.123. The molecule has 8 heteroatoms. The number of nitrogens with one attached hydrogen (secondary N) is 1. The average Bonchev–Trinajstić information content (AvgIpc) is 3.15. The smallest absolute Gasteiger partial charge is 0.243 e. The second kappa shape index (κ2) is 6.78. The van der Waals surface area contributed by atoms with Gasteiger partial charge in [-0.2, -0.15) is 4.98 Å². The highest BCUT2D eigenvalue weighted by atomic mass is 35.5. The summed E-state index contributed by atoms with van der Waals surface area (Å²) in [5.41, 5.74) is 8.40. The van der Waals surface area contributed by atoms with Crippen LogP contribution in [0.1, 0.15) is 23.9 Å². The van der Waals surface area contributed by atoms with Crippen molar-refractivity contribution < 1.29 is 8.81 Å². The predicted octanol–water partition coefficient (Wildman–Crippen LogP) is 3.12. The Morgan fingerprint density at radius 3 is 2.96 bits per heavy atom. The molecule has 0 unspecified atom stereocenters. The monoisotopic (exact) mass is 351 g/mol. The minimum atomic E-state index is -1.08. The summed E-state index contributed by atoms with van der Waals surface area (Å²) in [6.07, 6.45) is 0.944. The molecule has 3 aromatic heterocycles. The zero-order valence-electron chi connectivity index (χ0n) is 13.5. The van der Waals surface area contributed by atoms with E-state index in [0.717, 1.165) is 22.5 Å². The molecule has 0 saturated heterocycles. The molecule has 0 fully saturated rings. The van der Waals surface area contributed by atoms with Gasteiger partial charge in [-0.15, -0.1) is 5.10 Å². The second-order valence-electron chi connectivity index (χ2n) is 5.76. The van der Waals surface area contributed by atoms with Crippen molar-refractivity contribution in [3.8, 4) is 0 Å². The summed E-state index contributed by atoms with van der Waals surface area (Å²) in [6, 6.07) is 5.03. The van der Waals surface area contributed by atoms with Crippen molar-refractivity contribution in [2.24, 2.45) is 5.73 Å². The van der Waals surface area contributed by atoms with Gasteiger partial charge in [0.25, 0.3) is 0 Å². The molecule has 0 spiro atoms. The number of rotatable bonds is 6. The summed E-state index contributed by atoms with van der Waals surface area (Å²) in [6.45, 7) is 3.83. The van der Waals surface area contributed by atoms with E-state index in [2.05, 4.69) is 15.4 Å². The maximum atomic E-state index is 13.4. The Kier molecular flexibility index (Phi) is 4.73. The molecule has 0 aliphatic heterocycles. The van der Waals surface area contributed by atoms with Crippen molar-refractivity contribution in [2.45, 2.75) is 39.0 Å². The average molecular weight is 352 g/mol. The lowest BCUT2D eigenvalue weighted by atomic mass is 10.0. The van der Waals surface area contributed by atoms with Crippen LogP contribution in [0.25, 0.3) is 5.52 Å². The zero-order chi connectivity index (χ0) is 17.3. The maximum absolute atomic E-state index is 13.4. The number of nitrogens with zero attached hydrogens (tertiary/aromatic N) is 3. The van der Waals surface area contributed by atoms with Gasteiger partial charge in [-0.25, -0.2) is 8.91 Å². The summed E-state index contributed by atoms with van der Waals surface area (Å²) in [7, 11) is 0. The molecule has 24 heavy (non-hydrogen) atoms. The fourth-order valence-corrected chi connectivity index (χ4v) is 2.70. The number of halogens is 2. The molecule has 6 nitrogen and oxygen atoms in total. The van der Waals surface area contributed by atoms with Gasteiger partial charge in [0.2, 0.25) is 5.28 Å². The Labute approximate surface area is 143 Å². The minimum Gasteiger partial charge on any atom is -0.467 e. The first-order valence-electron chi connectivity index (χ1n) is 7.66. The Morgan fingerprint density at radius 2 is 2.29 bits per heavy atom. The molecule has 0 radical (unpaired) electrons. The first-order chi connectivity index (χ1) is 11.5. The van der Waals surface area contributed by atoms with Crippen molar-refractivity contribution in [3.63, 3.8) is 0 Å². The summed E-state index contributed by atoms with van der Waals surface area (Å²) < 4.78 is 20.4. The van der Waals surface area contributed by atoms with Crippen LogP contribution in [0.4, 0.5) is 10.2 Å². The molecule has 0 aliphatic carbocycles. The van der Waals surface area contributed by atoms with Gasteiger partial charge < -0.3 is 15.5 Å². The van der Waals surface area contributed by atoms with Crippen molar-refractivity contribution in [2.75, 3.05) is 5.32 Å². The molecule has 3 N–H and O–H groups in total. The van der Waals surface area contributed by atoms with E-state index < -0.39 is 12.2 Å². The van der Waals surface area contributed by atoms with Crippen LogP contribution in [0.3, 0.4) is 0 Å². The molecule has 2 atom stereocenters. The van der Waals surface area contributed by atoms with E-state index in [1.807, 2.05) is 25.1 Å². The zero-order valence-corrected chi connectivity index (χ0v) is 14.2. The third-order valence-electron chi connectivity index (χ3n) is 4.01. The Balaban J connectivity index is 1.94. The topological polar surface area (TPSA) is 81.4 Å². The molecule has 128 valence electrons. The first-order valence-corrected chi connectivity index (χ1v) is 8.04. The van der Waals surface area contributed by atoms with Gasteiger partial charge in [-0.05, 0) is 55.6 Å². The van der Waals surface area contributed by atoms with Crippen LogP contribution in [0.15, 0.2) is 28.9 Å². The van der Waals surface area contributed by atoms with E-state index in [0.29, 0.717) is 18.8 Å². The van der Waals surface area contributed by atoms with Crippen LogP contribution in [0, 0.1) is 6.92 Å². The van der Waals surface area contributed by atoms with Gasteiger partial charge in [0.05, 0.1) is 12.8 Å². The highest BCUT2D eigenvalue weighted by Gasteiger charge is 2.18. The quantitative estimate of drug-likeness (QED) is 0.713. The Bertz CT molecular complexity index is 831. The van der Waals surface area contributed by atoms with Crippen LogP contribution >= 0.6 is 11.6 Å². The molecular formula is C16H19ClFN5O. The molecular weight excluding hydrogens is 333 g/mol. The lowest BCUT2D eigenvalue weighted by Gasteiger charge is -2.11. The third-order valence-corrected chi connectivity index (χ3v) is 4.17. The van der Waals surface area contributed by atoms with E-state index in [1.165, 1.54) is 6.92 Å². The maximum Gasteiger partial charge on any atom is 0.243 e. The van der Waals surface area contributed by atoms with E-state index in [9.17, 15) is 4.39 Å². The highest BCUT2D eigenvalue weighted by Crippen LogP contribution is 2.24. The van der Waals surface area contributed by atoms with Gasteiger partial charge in [0.15, 0.2) is 5.82 Å². The molecule has 3 heterocycles. The number of aromatic nitrogens is 3. The van der Waals surface area contributed by atoms with Crippen molar-refractivity contribution in [3.05, 3.63) is 46.8 Å². The van der Waals surface area contributed by atoms with Gasteiger partial charge in [0.1, 0.15) is 17.4 Å². The van der Waals surface area contributed by atoms with Crippen LogP contribution in [0.2, 0.25) is 5.28 Å².